The van der Waals surface area contributed by atoms with Gasteiger partial charge in [-0.1, -0.05) is 29.8 Å². The molecule has 0 spiro atoms. The number of thioether (sulfide) groups is 1. The summed E-state index contributed by atoms with van der Waals surface area (Å²) in [6, 6.07) is 18.2. The number of fused-ring (bicyclic) bond motifs is 1. The van der Waals surface area contributed by atoms with Gasteiger partial charge >= 0.3 is 0 Å². The van der Waals surface area contributed by atoms with E-state index < -0.39 is 0 Å². The molecule has 2 aliphatic heterocycles. The Kier molecular flexibility index (Phi) is 5.13. The van der Waals surface area contributed by atoms with Gasteiger partial charge in [-0.3, -0.25) is 14.3 Å². The summed E-state index contributed by atoms with van der Waals surface area (Å²) >= 11 is 8.06. The molecule has 0 radical (unpaired) electrons. The average Bonchev–Trinajstić information content (AvgIpc) is 3.44. The van der Waals surface area contributed by atoms with Gasteiger partial charge in [-0.15, -0.1) is 0 Å². The maximum Gasteiger partial charge on any atom is 0.255 e. The molecule has 4 heterocycles. The number of aromatic amines is 1. The first-order chi connectivity index (χ1) is 15.7. The van der Waals surface area contributed by atoms with Crippen molar-refractivity contribution in [2.75, 3.05) is 24.6 Å². The molecular weight excluding hydrogens is 438 g/mol. The minimum atomic E-state index is -0.0485. The van der Waals surface area contributed by atoms with Crippen molar-refractivity contribution in [1.82, 2.24) is 14.5 Å². The molecule has 32 heavy (non-hydrogen) atoms. The summed E-state index contributed by atoms with van der Waals surface area (Å²) in [5, 5.41) is 1.96. The Morgan fingerprint density at radius 2 is 1.84 bits per heavy atom. The van der Waals surface area contributed by atoms with Gasteiger partial charge in [-0.05, 0) is 59.2 Å². The number of aromatic nitrogens is 2. The molecule has 0 aliphatic carbocycles. The number of rotatable bonds is 4. The molecular formula is C26H24ClN3OS. The van der Waals surface area contributed by atoms with Crippen LogP contribution in [0.2, 0.25) is 5.02 Å². The van der Waals surface area contributed by atoms with Crippen LogP contribution >= 0.6 is 23.4 Å². The van der Waals surface area contributed by atoms with Crippen LogP contribution in [0.25, 0.3) is 27.7 Å². The lowest BCUT2D eigenvalue weighted by atomic mass is 9.89. The fraction of sp³-hybridized carbons (Fsp3) is 0.269. The first kappa shape index (κ1) is 20.2. The third kappa shape index (κ3) is 3.58. The zero-order valence-electron chi connectivity index (χ0n) is 17.6. The van der Waals surface area contributed by atoms with Crippen molar-refractivity contribution < 1.29 is 0 Å². The summed E-state index contributed by atoms with van der Waals surface area (Å²) < 4.78 is 1.70. The monoisotopic (exact) mass is 461 g/mol. The summed E-state index contributed by atoms with van der Waals surface area (Å²) in [5.74, 6) is 3.19. The van der Waals surface area contributed by atoms with E-state index in [1.165, 1.54) is 28.9 Å². The molecule has 1 atom stereocenters. The van der Waals surface area contributed by atoms with E-state index in [9.17, 15) is 4.79 Å². The maximum atomic E-state index is 12.9. The number of nitrogens with zero attached hydrogens (tertiary/aromatic N) is 2. The third-order valence-electron chi connectivity index (χ3n) is 6.84. The second-order valence-corrected chi connectivity index (χ2v) is 10.4. The van der Waals surface area contributed by atoms with Crippen LogP contribution in [0.15, 0.2) is 71.8 Å². The van der Waals surface area contributed by atoms with Gasteiger partial charge in [-0.25, -0.2) is 0 Å². The molecule has 6 rings (SSSR count). The van der Waals surface area contributed by atoms with Gasteiger partial charge < -0.3 is 4.98 Å². The predicted molar refractivity (Wildman–Crippen MR) is 134 cm³/mol. The second-order valence-electron chi connectivity index (χ2n) is 8.77. The molecule has 162 valence electrons. The molecule has 0 saturated carbocycles. The highest BCUT2D eigenvalue weighted by atomic mass is 35.5. The summed E-state index contributed by atoms with van der Waals surface area (Å²) in [4.78, 5) is 18.9. The SMILES string of the molecule is O=c1cc(-c2ccc(Cl)cc2)ccn1-c1ccc2c(C3CN(C4CCSC4)C3)c[nH]c2c1. The lowest BCUT2D eigenvalue weighted by Gasteiger charge is -2.43. The number of hydrogen-bond acceptors (Lipinski definition) is 3. The Morgan fingerprint density at radius 3 is 2.59 bits per heavy atom. The van der Waals surface area contributed by atoms with Gasteiger partial charge in [0.15, 0.2) is 0 Å². The van der Waals surface area contributed by atoms with Gasteiger partial charge in [0.2, 0.25) is 0 Å². The van der Waals surface area contributed by atoms with E-state index in [-0.39, 0.29) is 5.56 Å². The third-order valence-corrected chi connectivity index (χ3v) is 8.24. The largest absolute Gasteiger partial charge is 0.361 e. The number of nitrogens with one attached hydrogen (secondary N) is 1. The van der Waals surface area contributed by atoms with Crippen LogP contribution in [0.1, 0.15) is 17.9 Å². The van der Waals surface area contributed by atoms with E-state index in [0.717, 1.165) is 41.5 Å². The van der Waals surface area contributed by atoms with E-state index in [0.29, 0.717) is 10.9 Å². The number of pyridine rings is 1. The molecule has 2 aromatic carbocycles. The van der Waals surface area contributed by atoms with Gasteiger partial charge in [0.1, 0.15) is 0 Å². The molecule has 4 nitrogen and oxygen atoms in total. The van der Waals surface area contributed by atoms with Crippen molar-refractivity contribution in [2.45, 2.75) is 18.4 Å². The molecule has 1 N–H and O–H groups in total. The van der Waals surface area contributed by atoms with E-state index >= 15 is 0 Å². The van der Waals surface area contributed by atoms with E-state index in [1.807, 2.05) is 42.6 Å². The molecule has 2 aromatic heterocycles. The number of halogens is 1. The minimum absolute atomic E-state index is 0.0485. The van der Waals surface area contributed by atoms with Gasteiger partial charge in [0.05, 0.1) is 5.69 Å². The standard InChI is InChI=1S/C26H24ClN3OS/c27-20-3-1-17(2-4-20)18-7-9-30(26(31)11-18)21-5-6-23-24(13-28-25(23)12-21)19-14-29(15-19)22-8-10-32-16-22/h1-7,9,11-13,19,22,28H,8,10,14-16H2. The molecule has 6 heteroatoms. The number of H-pyrrole nitrogens is 1. The van der Waals surface area contributed by atoms with Crippen LogP contribution in [0.3, 0.4) is 0 Å². The van der Waals surface area contributed by atoms with E-state index in [4.69, 9.17) is 11.6 Å². The molecule has 2 saturated heterocycles. The normalized spacial score (nSPS) is 19.5. The van der Waals surface area contributed by atoms with E-state index in [1.54, 1.807) is 10.6 Å². The highest BCUT2D eigenvalue weighted by Gasteiger charge is 2.35. The lowest BCUT2D eigenvalue weighted by Crippen LogP contribution is -2.50. The number of hydrogen-bond donors (Lipinski definition) is 1. The van der Waals surface area contributed by atoms with Crippen molar-refractivity contribution in [3.8, 4) is 16.8 Å². The predicted octanol–water partition coefficient (Wildman–Crippen LogP) is 5.54. The van der Waals surface area contributed by atoms with Crippen LogP contribution in [-0.2, 0) is 0 Å². The second kappa shape index (κ2) is 8.14. The Morgan fingerprint density at radius 1 is 1.00 bits per heavy atom. The molecule has 0 amide bonds. The molecule has 1 unspecified atom stereocenters. The summed E-state index contributed by atoms with van der Waals surface area (Å²) in [6.45, 7) is 2.32. The van der Waals surface area contributed by atoms with Crippen LogP contribution < -0.4 is 5.56 Å². The van der Waals surface area contributed by atoms with Crippen LogP contribution in [0.4, 0.5) is 0 Å². The fourth-order valence-corrected chi connectivity index (χ4v) is 6.34. The quantitative estimate of drug-likeness (QED) is 0.433. The molecule has 2 fully saturated rings. The first-order valence-corrected chi connectivity index (χ1v) is 12.6. The smallest absolute Gasteiger partial charge is 0.255 e. The van der Waals surface area contributed by atoms with Crippen LogP contribution in [-0.4, -0.2) is 45.1 Å². The average molecular weight is 462 g/mol. The Labute approximate surface area is 196 Å². The summed E-state index contributed by atoms with van der Waals surface area (Å²) in [5.41, 5.74) is 5.18. The van der Waals surface area contributed by atoms with Crippen molar-refractivity contribution in [1.29, 1.82) is 0 Å². The Balaban J connectivity index is 1.25. The first-order valence-electron chi connectivity index (χ1n) is 11.1. The topological polar surface area (TPSA) is 41.0 Å². The van der Waals surface area contributed by atoms with Crippen LogP contribution in [0.5, 0.6) is 0 Å². The highest BCUT2D eigenvalue weighted by molar-refractivity contribution is 7.99. The Hall–Kier alpha value is -2.47. The van der Waals surface area contributed by atoms with Gasteiger partial charge in [-0.2, -0.15) is 11.8 Å². The summed E-state index contributed by atoms with van der Waals surface area (Å²) in [6.07, 6.45) is 5.34. The van der Waals surface area contributed by atoms with Gasteiger partial charge in [0.25, 0.3) is 5.56 Å². The minimum Gasteiger partial charge on any atom is -0.361 e. The van der Waals surface area contributed by atoms with Crippen molar-refractivity contribution in [3.05, 3.63) is 87.9 Å². The van der Waals surface area contributed by atoms with Crippen LogP contribution in [0, 0.1) is 0 Å². The maximum absolute atomic E-state index is 12.9. The van der Waals surface area contributed by atoms with Crippen molar-refractivity contribution in [3.63, 3.8) is 0 Å². The van der Waals surface area contributed by atoms with E-state index in [2.05, 4.69) is 40.0 Å². The molecule has 2 aliphatic rings. The number of benzene rings is 2. The highest BCUT2D eigenvalue weighted by Crippen LogP contribution is 2.36. The zero-order chi connectivity index (χ0) is 21.7. The fourth-order valence-electron chi connectivity index (χ4n) is 4.96. The molecule has 4 aromatic rings. The molecule has 0 bridgehead atoms. The summed E-state index contributed by atoms with van der Waals surface area (Å²) in [7, 11) is 0. The van der Waals surface area contributed by atoms with Crippen molar-refractivity contribution in [2.24, 2.45) is 0 Å². The number of likely N-dealkylation sites (tertiary alicyclic amines) is 1. The lowest BCUT2D eigenvalue weighted by molar-refractivity contribution is 0.105. The zero-order valence-corrected chi connectivity index (χ0v) is 19.2. The Bertz CT molecular complexity index is 1330. The van der Waals surface area contributed by atoms with Gasteiger partial charge in [0, 0.05) is 65.2 Å². The van der Waals surface area contributed by atoms with Crippen molar-refractivity contribution >= 4 is 34.3 Å².